The smallest absolute Gasteiger partial charge is 0.352 e. The zero-order chi connectivity index (χ0) is 16.8. The van der Waals surface area contributed by atoms with Crippen LogP contribution in [0.2, 0.25) is 0 Å². The van der Waals surface area contributed by atoms with E-state index in [1.54, 1.807) is 0 Å². The predicted molar refractivity (Wildman–Crippen MR) is 92.7 cm³/mol. The Labute approximate surface area is 146 Å². The van der Waals surface area contributed by atoms with Gasteiger partial charge in [-0.2, -0.15) is 18.3 Å². The average molecular weight is 438 g/mol. The summed E-state index contributed by atoms with van der Waals surface area (Å²) < 4.78 is 41.5. The number of fused-ring (bicyclic) bond motifs is 1. The summed E-state index contributed by atoms with van der Waals surface area (Å²) in [6.45, 7) is 3.12. The van der Waals surface area contributed by atoms with Crippen molar-refractivity contribution < 1.29 is 13.2 Å². The first-order chi connectivity index (χ1) is 10.8. The third-order valence-electron chi connectivity index (χ3n) is 4.43. The number of anilines is 1. The Bertz CT molecular complexity index is 705. The van der Waals surface area contributed by atoms with Gasteiger partial charge < -0.3 is 4.90 Å². The molecule has 8 heteroatoms. The Balaban J connectivity index is 1.79. The summed E-state index contributed by atoms with van der Waals surface area (Å²) in [5.41, 5.74) is 1.03. The number of nitrogens with zero attached hydrogens (tertiary/aromatic N) is 4. The van der Waals surface area contributed by atoms with Gasteiger partial charge in [0, 0.05) is 42.2 Å². The van der Waals surface area contributed by atoms with Crippen molar-refractivity contribution in [3.05, 3.63) is 21.8 Å². The van der Waals surface area contributed by atoms with E-state index in [4.69, 9.17) is 0 Å². The standard InChI is InChI=1S/C15H18F3IN4/c1-10(15(16,17)18)22-5-7-23(8-6-22)14-12-9-11(19)3-4-13(12)21(2)20-14/h3-4,9-10H,5-8H2,1-2H3. The summed E-state index contributed by atoms with van der Waals surface area (Å²) in [5, 5.41) is 5.62. The Morgan fingerprint density at radius 3 is 2.43 bits per heavy atom. The molecule has 1 unspecified atom stereocenters. The molecule has 0 spiro atoms. The van der Waals surface area contributed by atoms with Crippen molar-refractivity contribution >= 4 is 39.3 Å². The van der Waals surface area contributed by atoms with E-state index in [9.17, 15) is 13.2 Å². The Kier molecular flexibility index (Phi) is 4.47. The zero-order valence-corrected chi connectivity index (χ0v) is 15.1. The fourth-order valence-electron chi connectivity index (χ4n) is 2.98. The molecule has 1 aromatic heterocycles. The van der Waals surface area contributed by atoms with Crippen molar-refractivity contribution in [2.24, 2.45) is 7.05 Å². The molecule has 2 aromatic rings. The minimum absolute atomic E-state index is 0.392. The van der Waals surface area contributed by atoms with Gasteiger partial charge in [0.1, 0.15) is 6.04 Å². The number of hydrogen-bond donors (Lipinski definition) is 0. The minimum atomic E-state index is -4.17. The Morgan fingerprint density at radius 2 is 1.83 bits per heavy atom. The van der Waals surface area contributed by atoms with Crippen LogP contribution in [0.3, 0.4) is 0 Å². The predicted octanol–water partition coefficient (Wildman–Crippen LogP) is 3.25. The van der Waals surface area contributed by atoms with Crippen LogP contribution in [0.4, 0.5) is 19.0 Å². The SMILES string of the molecule is CC(N1CCN(c2nn(C)c3ccc(I)cc23)CC1)C(F)(F)F. The molecular formula is C15H18F3IN4. The topological polar surface area (TPSA) is 24.3 Å². The van der Waals surface area contributed by atoms with Crippen LogP contribution in [0.5, 0.6) is 0 Å². The lowest BCUT2D eigenvalue weighted by molar-refractivity contribution is -0.179. The zero-order valence-electron chi connectivity index (χ0n) is 12.9. The molecule has 0 amide bonds. The van der Waals surface area contributed by atoms with Gasteiger partial charge in [-0.3, -0.25) is 9.58 Å². The number of halogens is 4. The van der Waals surface area contributed by atoms with Crippen LogP contribution in [-0.4, -0.2) is 53.1 Å². The van der Waals surface area contributed by atoms with E-state index < -0.39 is 12.2 Å². The van der Waals surface area contributed by atoms with Crippen LogP contribution in [0.1, 0.15) is 6.92 Å². The van der Waals surface area contributed by atoms with E-state index in [1.807, 2.05) is 23.9 Å². The summed E-state index contributed by atoms with van der Waals surface area (Å²) in [5.74, 6) is 0.861. The van der Waals surface area contributed by atoms with Crippen molar-refractivity contribution in [3.8, 4) is 0 Å². The van der Waals surface area contributed by atoms with Crippen molar-refractivity contribution in [2.45, 2.75) is 19.1 Å². The molecule has 1 saturated heterocycles. The van der Waals surface area contributed by atoms with Gasteiger partial charge in [0.05, 0.1) is 5.52 Å². The normalized spacial score (nSPS) is 18.6. The first kappa shape index (κ1) is 16.8. The van der Waals surface area contributed by atoms with E-state index in [0.29, 0.717) is 26.2 Å². The van der Waals surface area contributed by atoms with Gasteiger partial charge in [-0.1, -0.05) is 0 Å². The highest BCUT2D eigenvalue weighted by molar-refractivity contribution is 14.1. The first-order valence-electron chi connectivity index (χ1n) is 7.45. The lowest BCUT2D eigenvalue weighted by atomic mass is 10.2. The summed E-state index contributed by atoms with van der Waals surface area (Å²) in [7, 11) is 1.89. The summed E-state index contributed by atoms with van der Waals surface area (Å²) in [6, 6.07) is 4.72. The number of piperazine rings is 1. The second kappa shape index (κ2) is 6.12. The maximum atomic E-state index is 12.8. The van der Waals surface area contributed by atoms with E-state index in [1.165, 1.54) is 11.8 Å². The molecule has 1 atom stereocenters. The second-order valence-electron chi connectivity index (χ2n) is 5.85. The van der Waals surface area contributed by atoms with E-state index >= 15 is 0 Å². The maximum Gasteiger partial charge on any atom is 0.403 e. The van der Waals surface area contributed by atoms with Crippen LogP contribution in [0.15, 0.2) is 18.2 Å². The Morgan fingerprint density at radius 1 is 1.17 bits per heavy atom. The number of benzene rings is 1. The number of rotatable bonds is 2. The van der Waals surface area contributed by atoms with Crippen molar-refractivity contribution in [2.75, 3.05) is 31.1 Å². The molecule has 23 heavy (non-hydrogen) atoms. The van der Waals surface area contributed by atoms with Crippen LogP contribution in [0, 0.1) is 3.57 Å². The summed E-state index contributed by atoms with van der Waals surface area (Å²) >= 11 is 2.26. The molecule has 4 nitrogen and oxygen atoms in total. The molecule has 2 heterocycles. The number of alkyl halides is 3. The lowest BCUT2D eigenvalue weighted by Crippen LogP contribution is -2.53. The van der Waals surface area contributed by atoms with Gasteiger partial charge in [0.25, 0.3) is 0 Å². The average Bonchev–Trinajstić information content (AvgIpc) is 2.82. The van der Waals surface area contributed by atoms with Crippen molar-refractivity contribution in [1.82, 2.24) is 14.7 Å². The highest BCUT2D eigenvalue weighted by Gasteiger charge is 2.41. The molecular weight excluding hydrogens is 420 g/mol. The van der Waals surface area contributed by atoms with Crippen LogP contribution in [-0.2, 0) is 7.05 Å². The lowest BCUT2D eigenvalue weighted by Gasteiger charge is -2.38. The molecule has 0 saturated carbocycles. The maximum absolute atomic E-state index is 12.8. The summed E-state index contributed by atoms with van der Waals surface area (Å²) in [6.07, 6.45) is -4.17. The first-order valence-corrected chi connectivity index (χ1v) is 8.53. The fraction of sp³-hybridized carbons (Fsp3) is 0.533. The molecule has 3 rings (SSSR count). The Hall–Kier alpha value is -1.03. The van der Waals surface area contributed by atoms with Gasteiger partial charge in [-0.05, 0) is 47.7 Å². The highest BCUT2D eigenvalue weighted by Crippen LogP contribution is 2.30. The minimum Gasteiger partial charge on any atom is -0.352 e. The monoisotopic (exact) mass is 438 g/mol. The third-order valence-corrected chi connectivity index (χ3v) is 5.10. The van der Waals surface area contributed by atoms with E-state index in [-0.39, 0.29) is 0 Å². The molecule has 0 N–H and O–H groups in total. The number of aromatic nitrogens is 2. The molecule has 0 radical (unpaired) electrons. The quantitative estimate of drug-likeness (QED) is 0.674. The summed E-state index contributed by atoms with van der Waals surface area (Å²) in [4.78, 5) is 3.57. The van der Waals surface area contributed by atoms with Crippen LogP contribution >= 0.6 is 22.6 Å². The van der Waals surface area contributed by atoms with Gasteiger partial charge in [0.15, 0.2) is 5.82 Å². The van der Waals surface area contributed by atoms with E-state index in [2.05, 4.69) is 38.7 Å². The van der Waals surface area contributed by atoms with Gasteiger partial charge in [-0.15, -0.1) is 0 Å². The molecule has 1 aliphatic rings. The molecule has 0 aliphatic carbocycles. The molecule has 1 fully saturated rings. The fourth-order valence-corrected chi connectivity index (χ4v) is 3.47. The molecule has 126 valence electrons. The van der Waals surface area contributed by atoms with E-state index in [0.717, 1.165) is 20.3 Å². The second-order valence-corrected chi connectivity index (χ2v) is 7.09. The van der Waals surface area contributed by atoms with Gasteiger partial charge >= 0.3 is 6.18 Å². The van der Waals surface area contributed by atoms with Crippen molar-refractivity contribution in [3.63, 3.8) is 0 Å². The molecule has 0 bridgehead atoms. The highest BCUT2D eigenvalue weighted by atomic mass is 127. The van der Waals surface area contributed by atoms with Crippen molar-refractivity contribution in [1.29, 1.82) is 0 Å². The molecule has 1 aliphatic heterocycles. The van der Waals surface area contributed by atoms with Crippen LogP contribution in [0.25, 0.3) is 10.9 Å². The number of aryl methyl sites for hydroxylation is 1. The molecule has 1 aromatic carbocycles. The van der Waals surface area contributed by atoms with Gasteiger partial charge in [-0.25, -0.2) is 0 Å². The van der Waals surface area contributed by atoms with Gasteiger partial charge in [0.2, 0.25) is 0 Å². The number of hydrogen-bond acceptors (Lipinski definition) is 3. The largest absolute Gasteiger partial charge is 0.403 e. The van der Waals surface area contributed by atoms with Crippen LogP contribution < -0.4 is 4.90 Å². The third kappa shape index (κ3) is 3.28.